The molecule has 4 heteroatoms. The first-order chi connectivity index (χ1) is 8.65. The highest BCUT2D eigenvalue weighted by molar-refractivity contribution is 5.91. The number of rotatable bonds is 4. The molecule has 1 aromatic heterocycles. The van der Waals surface area contributed by atoms with Gasteiger partial charge in [0.2, 0.25) is 0 Å². The number of nitrogens with two attached hydrogens (primary N) is 1. The highest BCUT2D eigenvalue weighted by Gasteiger charge is 2.16. The standard InChI is InChI=1S/C14H16N2O2/c1-10-12(14(17)18)9-13(16(10)8-7-15)11-5-3-2-4-6-11/h2-6,9H,7-8,15H2,1H3,(H,17,18). The van der Waals surface area contributed by atoms with Crippen molar-refractivity contribution in [2.45, 2.75) is 13.5 Å². The summed E-state index contributed by atoms with van der Waals surface area (Å²) >= 11 is 0. The summed E-state index contributed by atoms with van der Waals surface area (Å²) in [6, 6.07) is 11.4. The van der Waals surface area contributed by atoms with Crippen LogP contribution in [0.15, 0.2) is 36.4 Å². The lowest BCUT2D eigenvalue weighted by atomic mass is 10.1. The van der Waals surface area contributed by atoms with Crippen LogP contribution in [-0.4, -0.2) is 22.2 Å². The molecule has 2 aromatic rings. The third-order valence-corrected chi connectivity index (χ3v) is 3.02. The number of benzene rings is 1. The topological polar surface area (TPSA) is 68.2 Å². The molecule has 0 amide bonds. The van der Waals surface area contributed by atoms with E-state index in [2.05, 4.69) is 0 Å². The van der Waals surface area contributed by atoms with Gasteiger partial charge in [0.05, 0.1) is 5.56 Å². The Kier molecular flexibility index (Phi) is 3.48. The van der Waals surface area contributed by atoms with E-state index in [1.165, 1.54) is 0 Å². The molecule has 0 atom stereocenters. The lowest BCUT2D eigenvalue weighted by Crippen LogP contribution is -2.12. The molecule has 0 unspecified atom stereocenters. The first-order valence-corrected chi connectivity index (χ1v) is 5.84. The van der Waals surface area contributed by atoms with E-state index >= 15 is 0 Å². The molecule has 3 N–H and O–H groups in total. The zero-order chi connectivity index (χ0) is 13.1. The van der Waals surface area contributed by atoms with Gasteiger partial charge in [-0.05, 0) is 18.6 Å². The molecule has 0 aliphatic carbocycles. The van der Waals surface area contributed by atoms with Gasteiger partial charge in [0, 0.05) is 24.5 Å². The third kappa shape index (κ3) is 2.15. The van der Waals surface area contributed by atoms with Crippen LogP contribution in [0.5, 0.6) is 0 Å². The van der Waals surface area contributed by atoms with Crippen LogP contribution in [-0.2, 0) is 6.54 Å². The third-order valence-electron chi connectivity index (χ3n) is 3.02. The van der Waals surface area contributed by atoms with E-state index in [-0.39, 0.29) is 0 Å². The largest absolute Gasteiger partial charge is 0.478 e. The molecular formula is C14H16N2O2. The Morgan fingerprint density at radius 1 is 1.33 bits per heavy atom. The number of aromatic nitrogens is 1. The van der Waals surface area contributed by atoms with Gasteiger partial charge in [-0.3, -0.25) is 0 Å². The van der Waals surface area contributed by atoms with Gasteiger partial charge in [-0.1, -0.05) is 30.3 Å². The minimum Gasteiger partial charge on any atom is -0.478 e. The van der Waals surface area contributed by atoms with Crippen molar-refractivity contribution in [2.24, 2.45) is 5.73 Å². The van der Waals surface area contributed by atoms with Crippen molar-refractivity contribution in [3.05, 3.63) is 47.7 Å². The second-order valence-electron chi connectivity index (χ2n) is 4.14. The van der Waals surface area contributed by atoms with Gasteiger partial charge in [0.1, 0.15) is 0 Å². The van der Waals surface area contributed by atoms with Crippen LogP contribution in [0.4, 0.5) is 0 Å². The van der Waals surface area contributed by atoms with Crippen molar-refractivity contribution >= 4 is 5.97 Å². The zero-order valence-electron chi connectivity index (χ0n) is 10.3. The van der Waals surface area contributed by atoms with Gasteiger partial charge in [0.25, 0.3) is 0 Å². The number of nitrogens with zero attached hydrogens (tertiary/aromatic N) is 1. The lowest BCUT2D eigenvalue weighted by Gasteiger charge is -2.10. The molecule has 4 nitrogen and oxygen atoms in total. The van der Waals surface area contributed by atoms with E-state index in [1.807, 2.05) is 41.8 Å². The molecule has 0 radical (unpaired) electrons. The number of carbonyl (C=O) groups is 1. The first kappa shape index (κ1) is 12.4. The summed E-state index contributed by atoms with van der Waals surface area (Å²) in [7, 11) is 0. The van der Waals surface area contributed by atoms with E-state index in [4.69, 9.17) is 5.73 Å². The Bertz CT molecular complexity index is 559. The fraction of sp³-hybridized carbons (Fsp3) is 0.214. The van der Waals surface area contributed by atoms with Crippen LogP contribution in [0.1, 0.15) is 16.1 Å². The molecule has 0 spiro atoms. The van der Waals surface area contributed by atoms with Crippen LogP contribution in [0.25, 0.3) is 11.3 Å². The maximum Gasteiger partial charge on any atom is 0.337 e. The summed E-state index contributed by atoms with van der Waals surface area (Å²) in [5.74, 6) is -0.902. The van der Waals surface area contributed by atoms with Crippen molar-refractivity contribution < 1.29 is 9.90 Å². The average Bonchev–Trinajstić information content (AvgIpc) is 2.69. The summed E-state index contributed by atoms with van der Waals surface area (Å²) in [5.41, 5.74) is 8.57. The predicted molar refractivity (Wildman–Crippen MR) is 70.6 cm³/mol. The Balaban J connectivity index is 2.59. The molecule has 18 heavy (non-hydrogen) atoms. The molecule has 0 bridgehead atoms. The second kappa shape index (κ2) is 5.06. The number of hydrogen-bond donors (Lipinski definition) is 2. The molecule has 94 valence electrons. The summed E-state index contributed by atoms with van der Waals surface area (Å²) in [5, 5.41) is 9.17. The van der Waals surface area contributed by atoms with E-state index in [0.717, 1.165) is 17.0 Å². The van der Waals surface area contributed by atoms with Crippen molar-refractivity contribution in [3.8, 4) is 11.3 Å². The summed E-state index contributed by atoms with van der Waals surface area (Å²) in [6.07, 6.45) is 0. The quantitative estimate of drug-likeness (QED) is 0.865. The molecule has 0 aliphatic heterocycles. The zero-order valence-corrected chi connectivity index (χ0v) is 10.3. The van der Waals surface area contributed by atoms with E-state index in [9.17, 15) is 9.90 Å². The van der Waals surface area contributed by atoms with Gasteiger partial charge in [-0.25, -0.2) is 4.79 Å². The molecule has 1 aromatic carbocycles. The highest BCUT2D eigenvalue weighted by Crippen LogP contribution is 2.25. The molecule has 1 heterocycles. The monoisotopic (exact) mass is 244 g/mol. The molecule has 0 saturated carbocycles. The average molecular weight is 244 g/mol. The van der Waals surface area contributed by atoms with Gasteiger partial charge >= 0.3 is 5.97 Å². The Morgan fingerprint density at radius 3 is 2.56 bits per heavy atom. The van der Waals surface area contributed by atoms with Crippen LogP contribution >= 0.6 is 0 Å². The maximum absolute atomic E-state index is 11.2. The van der Waals surface area contributed by atoms with Crippen molar-refractivity contribution in [2.75, 3.05) is 6.54 Å². The van der Waals surface area contributed by atoms with Gasteiger partial charge < -0.3 is 15.4 Å². The Labute approximate surface area is 106 Å². The Morgan fingerprint density at radius 2 is 2.00 bits per heavy atom. The minimum absolute atomic E-state index is 0.335. The fourth-order valence-corrected chi connectivity index (χ4v) is 2.13. The molecular weight excluding hydrogens is 228 g/mol. The van der Waals surface area contributed by atoms with Gasteiger partial charge in [-0.15, -0.1) is 0 Å². The maximum atomic E-state index is 11.2. The second-order valence-corrected chi connectivity index (χ2v) is 4.14. The van der Waals surface area contributed by atoms with E-state index < -0.39 is 5.97 Å². The summed E-state index contributed by atoms with van der Waals surface area (Å²) in [6.45, 7) is 2.91. The predicted octanol–water partition coefficient (Wildman–Crippen LogP) is 2.12. The first-order valence-electron chi connectivity index (χ1n) is 5.84. The SMILES string of the molecule is Cc1c(C(=O)O)cc(-c2ccccc2)n1CCN. The number of carboxylic acid groups (broad SMARTS) is 1. The van der Waals surface area contributed by atoms with Gasteiger partial charge in [0.15, 0.2) is 0 Å². The van der Waals surface area contributed by atoms with Gasteiger partial charge in [-0.2, -0.15) is 0 Å². The Hall–Kier alpha value is -2.07. The number of aromatic carboxylic acids is 1. The number of hydrogen-bond acceptors (Lipinski definition) is 2. The molecule has 2 rings (SSSR count). The van der Waals surface area contributed by atoms with Crippen LogP contribution in [0.3, 0.4) is 0 Å². The van der Waals surface area contributed by atoms with E-state index in [0.29, 0.717) is 18.7 Å². The van der Waals surface area contributed by atoms with Crippen molar-refractivity contribution in [1.82, 2.24) is 4.57 Å². The van der Waals surface area contributed by atoms with Crippen LogP contribution in [0, 0.1) is 6.92 Å². The minimum atomic E-state index is -0.902. The number of carboxylic acids is 1. The lowest BCUT2D eigenvalue weighted by molar-refractivity contribution is 0.0696. The van der Waals surface area contributed by atoms with Crippen LogP contribution in [0.2, 0.25) is 0 Å². The molecule has 0 saturated heterocycles. The fourth-order valence-electron chi connectivity index (χ4n) is 2.13. The molecule has 0 fully saturated rings. The van der Waals surface area contributed by atoms with Crippen molar-refractivity contribution in [3.63, 3.8) is 0 Å². The van der Waals surface area contributed by atoms with E-state index in [1.54, 1.807) is 6.07 Å². The summed E-state index contributed by atoms with van der Waals surface area (Å²) < 4.78 is 1.96. The van der Waals surface area contributed by atoms with Crippen molar-refractivity contribution in [1.29, 1.82) is 0 Å². The smallest absolute Gasteiger partial charge is 0.337 e. The normalized spacial score (nSPS) is 10.6. The van der Waals surface area contributed by atoms with Crippen LogP contribution < -0.4 is 5.73 Å². The summed E-state index contributed by atoms with van der Waals surface area (Å²) in [4.78, 5) is 11.2. The highest BCUT2D eigenvalue weighted by atomic mass is 16.4. The molecule has 0 aliphatic rings.